The molecule has 0 aromatic heterocycles. The third-order valence-electron chi connectivity index (χ3n) is 3.31. The van der Waals surface area contributed by atoms with Crippen molar-refractivity contribution in [3.8, 4) is 0 Å². The van der Waals surface area contributed by atoms with Gasteiger partial charge >= 0.3 is 0 Å². The van der Waals surface area contributed by atoms with E-state index in [1.54, 1.807) is 6.07 Å². The molecule has 98 valence electrons. The van der Waals surface area contributed by atoms with Gasteiger partial charge in [-0.1, -0.05) is 0 Å². The van der Waals surface area contributed by atoms with Crippen molar-refractivity contribution in [3.63, 3.8) is 0 Å². The lowest BCUT2D eigenvalue weighted by Gasteiger charge is -2.33. The van der Waals surface area contributed by atoms with Gasteiger partial charge in [0, 0.05) is 25.1 Å². The molecule has 1 fully saturated rings. The van der Waals surface area contributed by atoms with Crippen LogP contribution in [0.15, 0.2) is 16.6 Å². The SMILES string of the molecule is NC(=O)C1CCN(c2cc(Br)c(F)cc2N)CC1. The fraction of sp³-hybridized carbons (Fsp3) is 0.417. The number of nitrogen functional groups attached to an aromatic ring is 1. The number of piperidine rings is 1. The van der Waals surface area contributed by atoms with Gasteiger partial charge < -0.3 is 16.4 Å². The van der Waals surface area contributed by atoms with E-state index in [9.17, 15) is 9.18 Å². The van der Waals surface area contributed by atoms with Gasteiger partial charge in [0.15, 0.2) is 0 Å². The van der Waals surface area contributed by atoms with Crippen molar-refractivity contribution in [1.82, 2.24) is 0 Å². The van der Waals surface area contributed by atoms with Crippen LogP contribution in [0, 0.1) is 11.7 Å². The average molecular weight is 316 g/mol. The molecule has 4 nitrogen and oxygen atoms in total. The Balaban J connectivity index is 2.15. The number of rotatable bonds is 2. The fourth-order valence-corrected chi connectivity index (χ4v) is 2.56. The number of nitrogens with two attached hydrogens (primary N) is 2. The zero-order valence-corrected chi connectivity index (χ0v) is 11.4. The van der Waals surface area contributed by atoms with Gasteiger partial charge in [-0.05, 0) is 34.8 Å². The zero-order chi connectivity index (χ0) is 13.3. The van der Waals surface area contributed by atoms with E-state index in [0.29, 0.717) is 36.1 Å². The predicted octanol–water partition coefficient (Wildman–Crippen LogP) is 1.87. The number of anilines is 2. The lowest BCUT2D eigenvalue weighted by Crippen LogP contribution is -2.38. The Hall–Kier alpha value is -1.30. The third kappa shape index (κ3) is 2.58. The van der Waals surface area contributed by atoms with Crippen LogP contribution in [-0.4, -0.2) is 19.0 Å². The summed E-state index contributed by atoms with van der Waals surface area (Å²) in [6, 6.07) is 2.98. The minimum atomic E-state index is -0.372. The number of nitrogens with zero attached hydrogens (tertiary/aromatic N) is 1. The van der Waals surface area contributed by atoms with Crippen LogP contribution in [0.2, 0.25) is 0 Å². The molecule has 0 radical (unpaired) electrons. The highest BCUT2D eigenvalue weighted by molar-refractivity contribution is 9.10. The summed E-state index contributed by atoms with van der Waals surface area (Å²) in [5.41, 5.74) is 12.3. The van der Waals surface area contributed by atoms with E-state index in [2.05, 4.69) is 20.8 Å². The second-order valence-electron chi connectivity index (χ2n) is 4.49. The van der Waals surface area contributed by atoms with E-state index in [-0.39, 0.29) is 17.6 Å². The Morgan fingerprint density at radius 2 is 2.00 bits per heavy atom. The Morgan fingerprint density at radius 3 is 2.56 bits per heavy atom. The molecule has 1 aliphatic rings. The second-order valence-corrected chi connectivity index (χ2v) is 5.34. The van der Waals surface area contributed by atoms with E-state index in [0.717, 1.165) is 5.69 Å². The van der Waals surface area contributed by atoms with Crippen LogP contribution in [0.4, 0.5) is 15.8 Å². The smallest absolute Gasteiger partial charge is 0.220 e. The van der Waals surface area contributed by atoms with Crippen molar-refractivity contribution in [3.05, 3.63) is 22.4 Å². The van der Waals surface area contributed by atoms with Crippen molar-refractivity contribution in [2.45, 2.75) is 12.8 Å². The molecule has 0 saturated carbocycles. The molecule has 1 aromatic rings. The van der Waals surface area contributed by atoms with Gasteiger partial charge in [-0.2, -0.15) is 0 Å². The first-order chi connectivity index (χ1) is 8.49. The summed E-state index contributed by atoms with van der Waals surface area (Å²) in [4.78, 5) is 13.1. The number of carbonyl (C=O) groups excluding carboxylic acids is 1. The normalized spacial score (nSPS) is 16.9. The molecule has 1 aliphatic heterocycles. The first-order valence-electron chi connectivity index (χ1n) is 5.78. The Labute approximate surface area is 113 Å². The Kier molecular flexibility index (Phi) is 3.75. The number of primary amides is 1. The number of halogens is 2. The minimum absolute atomic E-state index is 0.0636. The molecule has 4 N–H and O–H groups in total. The number of hydrogen-bond donors (Lipinski definition) is 2. The summed E-state index contributed by atoms with van der Waals surface area (Å²) in [5.74, 6) is -0.683. The lowest BCUT2D eigenvalue weighted by atomic mass is 9.96. The monoisotopic (exact) mass is 315 g/mol. The standard InChI is InChI=1S/C12H15BrFN3O/c13-8-5-11(10(15)6-9(8)14)17-3-1-7(2-4-17)12(16)18/h5-7H,1-4,15H2,(H2,16,18). The third-order valence-corrected chi connectivity index (χ3v) is 3.92. The van der Waals surface area contributed by atoms with Crippen LogP contribution in [-0.2, 0) is 4.79 Å². The highest BCUT2D eigenvalue weighted by atomic mass is 79.9. The average Bonchev–Trinajstić information content (AvgIpc) is 2.34. The van der Waals surface area contributed by atoms with Crippen LogP contribution in [0.1, 0.15) is 12.8 Å². The summed E-state index contributed by atoms with van der Waals surface area (Å²) in [7, 11) is 0. The minimum Gasteiger partial charge on any atom is -0.397 e. The first-order valence-corrected chi connectivity index (χ1v) is 6.57. The molecule has 0 spiro atoms. The summed E-state index contributed by atoms with van der Waals surface area (Å²) in [6.45, 7) is 1.41. The van der Waals surface area contributed by atoms with Gasteiger partial charge in [0.25, 0.3) is 0 Å². The number of hydrogen-bond acceptors (Lipinski definition) is 3. The van der Waals surface area contributed by atoms with Crippen molar-refractivity contribution in [1.29, 1.82) is 0 Å². The highest BCUT2D eigenvalue weighted by Crippen LogP contribution is 2.32. The van der Waals surface area contributed by atoms with Crippen molar-refractivity contribution < 1.29 is 9.18 Å². The van der Waals surface area contributed by atoms with Gasteiger partial charge in [-0.25, -0.2) is 4.39 Å². The molecule has 2 rings (SSSR count). The maximum absolute atomic E-state index is 13.3. The molecule has 1 amide bonds. The Bertz CT molecular complexity index is 473. The second kappa shape index (κ2) is 5.14. The maximum Gasteiger partial charge on any atom is 0.220 e. The molecule has 1 heterocycles. The van der Waals surface area contributed by atoms with Crippen LogP contribution in [0.5, 0.6) is 0 Å². The van der Waals surface area contributed by atoms with Crippen LogP contribution < -0.4 is 16.4 Å². The van der Waals surface area contributed by atoms with Crippen LogP contribution >= 0.6 is 15.9 Å². The molecule has 1 aromatic carbocycles. The molecule has 6 heteroatoms. The van der Waals surface area contributed by atoms with Gasteiger partial charge in [-0.3, -0.25) is 4.79 Å². The lowest BCUT2D eigenvalue weighted by molar-refractivity contribution is -0.122. The number of benzene rings is 1. The van der Waals surface area contributed by atoms with E-state index in [4.69, 9.17) is 11.5 Å². The van der Waals surface area contributed by atoms with Crippen LogP contribution in [0.3, 0.4) is 0 Å². The summed E-state index contributed by atoms with van der Waals surface area (Å²) in [6.07, 6.45) is 1.42. The highest BCUT2D eigenvalue weighted by Gasteiger charge is 2.24. The first kappa shape index (κ1) is 13.1. The van der Waals surface area contributed by atoms with Gasteiger partial charge in [0.2, 0.25) is 5.91 Å². The van der Waals surface area contributed by atoms with E-state index in [1.807, 2.05) is 0 Å². The van der Waals surface area contributed by atoms with Crippen molar-refractivity contribution in [2.24, 2.45) is 11.7 Å². The quantitative estimate of drug-likeness (QED) is 0.818. The molecule has 0 aliphatic carbocycles. The number of carbonyl (C=O) groups is 1. The molecule has 0 bridgehead atoms. The molecule has 0 unspecified atom stereocenters. The zero-order valence-electron chi connectivity index (χ0n) is 9.83. The largest absolute Gasteiger partial charge is 0.397 e. The van der Waals surface area contributed by atoms with Gasteiger partial charge in [0.1, 0.15) is 5.82 Å². The topological polar surface area (TPSA) is 72.4 Å². The molecular weight excluding hydrogens is 301 g/mol. The van der Waals surface area contributed by atoms with Gasteiger partial charge in [-0.15, -0.1) is 0 Å². The molecule has 1 saturated heterocycles. The van der Waals surface area contributed by atoms with Crippen molar-refractivity contribution in [2.75, 3.05) is 23.7 Å². The van der Waals surface area contributed by atoms with Gasteiger partial charge in [0.05, 0.1) is 15.8 Å². The summed E-state index contributed by atoms with van der Waals surface area (Å²) < 4.78 is 13.7. The predicted molar refractivity (Wildman–Crippen MR) is 72.6 cm³/mol. The molecular formula is C12H15BrFN3O. The van der Waals surface area contributed by atoms with Crippen LogP contribution in [0.25, 0.3) is 0 Å². The van der Waals surface area contributed by atoms with E-state index >= 15 is 0 Å². The summed E-state index contributed by atoms with van der Waals surface area (Å²) >= 11 is 3.15. The maximum atomic E-state index is 13.3. The van der Waals surface area contributed by atoms with E-state index < -0.39 is 0 Å². The molecule has 18 heavy (non-hydrogen) atoms. The number of amides is 1. The molecule has 0 atom stereocenters. The summed E-state index contributed by atoms with van der Waals surface area (Å²) in [5, 5.41) is 0. The Morgan fingerprint density at radius 1 is 1.39 bits per heavy atom. The van der Waals surface area contributed by atoms with E-state index in [1.165, 1.54) is 6.07 Å². The fourth-order valence-electron chi connectivity index (χ4n) is 2.23. The van der Waals surface area contributed by atoms with Crippen molar-refractivity contribution >= 4 is 33.2 Å².